The molecule has 1 atom stereocenters. The number of rotatable bonds is 4. The fraction of sp³-hybridized carbons (Fsp3) is 0.444. The van der Waals surface area contributed by atoms with Crippen LogP contribution in [0.4, 0.5) is 5.13 Å². The van der Waals surface area contributed by atoms with E-state index in [9.17, 15) is 4.79 Å². The Balaban J connectivity index is 2.03. The van der Waals surface area contributed by atoms with Crippen LogP contribution in [-0.2, 0) is 0 Å². The molecule has 24 heavy (non-hydrogen) atoms. The normalized spacial score (nSPS) is 18.3. The number of carbonyl (C=O) groups is 1. The monoisotopic (exact) mass is 345 g/mol. The highest BCUT2D eigenvalue weighted by atomic mass is 32.1. The van der Waals surface area contributed by atoms with Crippen LogP contribution < -0.4 is 15.0 Å². The van der Waals surface area contributed by atoms with Gasteiger partial charge in [0.25, 0.3) is 5.91 Å². The number of hydrogen-bond donors (Lipinski definition) is 1. The molecule has 1 aliphatic heterocycles. The number of piperidine rings is 1. The molecule has 1 unspecified atom stereocenters. The maximum absolute atomic E-state index is 12.6. The van der Waals surface area contributed by atoms with Crippen LogP contribution in [0.1, 0.15) is 37.0 Å². The van der Waals surface area contributed by atoms with E-state index in [-0.39, 0.29) is 5.91 Å². The number of thiazole rings is 1. The number of amides is 1. The molecule has 1 amide bonds. The lowest BCUT2D eigenvalue weighted by molar-refractivity contribution is 0.0969. The number of nitrogens with one attached hydrogen (secondary N) is 1. The fourth-order valence-electron chi connectivity index (χ4n) is 3.08. The predicted octanol–water partition coefficient (Wildman–Crippen LogP) is 3.80. The Hall–Kier alpha value is -2.08. The van der Waals surface area contributed by atoms with Crippen molar-refractivity contribution in [3.8, 4) is 5.75 Å². The fourth-order valence-corrected chi connectivity index (χ4v) is 4.21. The van der Waals surface area contributed by atoms with E-state index in [1.807, 2.05) is 19.1 Å². The molecule has 0 radical (unpaired) electrons. The first-order valence-electron chi connectivity index (χ1n) is 8.28. The molecular formula is C18H23N3O2S. The Morgan fingerprint density at radius 3 is 3.04 bits per heavy atom. The Kier molecular flexibility index (Phi) is 5.04. The first kappa shape index (κ1) is 16.8. The van der Waals surface area contributed by atoms with Crippen molar-refractivity contribution < 1.29 is 9.53 Å². The highest BCUT2D eigenvalue weighted by Gasteiger charge is 2.23. The van der Waals surface area contributed by atoms with Crippen LogP contribution in [0, 0.1) is 5.92 Å². The number of allylic oxidation sites excluding steroid dienone is 1. The lowest BCUT2D eigenvalue weighted by Crippen LogP contribution is -2.34. The Morgan fingerprint density at radius 1 is 1.50 bits per heavy atom. The van der Waals surface area contributed by atoms with Crippen molar-refractivity contribution in [3.63, 3.8) is 0 Å². The minimum Gasteiger partial charge on any atom is -0.496 e. The summed E-state index contributed by atoms with van der Waals surface area (Å²) in [6.45, 7) is 6.19. The zero-order valence-corrected chi connectivity index (χ0v) is 15.2. The van der Waals surface area contributed by atoms with Gasteiger partial charge in [-0.1, -0.05) is 24.3 Å². The lowest BCUT2D eigenvalue weighted by Gasteiger charge is -2.30. The standard InChI is InChI=1S/C18H23N3O2S/c1-4-9-19-17(22)15-14(23-3)8-7-13-16(15)24-18(20-13)21-10-5-6-12(2)11-21/h4,7-9,12H,5-6,10-11H2,1-3H3,(H,19,22)/b9-4+. The second-order valence-electron chi connectivity index (χ2n) is 6.15. The number of carbonyl (C=O) groups excluding carboxylic acids is 1. The SMILES string of the molecule is C/C=C/NC(=O)c1c(OC)ccc2nc(N3CCCC(C)C3)sc12. The molecule has 0 aliphatic carbocycles. The molecule has 1 aromatic heterocycles. The van der Waals surface area contributed by atoms with E-state index in [1.54, 1.807) is 30.7 Å². The zero-order chi connectivity index (χ0) is 17.1. The van der Waals surface area contributed by atoms with Gasteiger partial charge >= 0.3 is 0 Å². The Bertz CT molecular complexity index is 769. The smallest absolute Gasteiger partial charge is 0.260 e. The van der Waals surface area contributed by atoms with Gasteiger partial charge in [-0.05, 0) is 44.0 Å². The number of aromatic nitrogens is 1. The summed E-state index contributed by atoms with van der Waals surface area (Å²) in [7, 11) is 1.59. The minimum absolute atomic E-state index is 0.169. The molecule has 1 aromatic carbocycles. The van der Waals surface area contributed by atoms with Gasteiger partial charge in [0.2, 0.25) is 0 Å². The average molecular weight is 345 g/mol. The minimum atomic E-state index is -0.169. The number of nitrogens with zero attached hydrogens (tertiary/aromatic N) is 2. The van der Waals surface area contributed by atoms with E-state index < -0.39 is 0 Å². The van der Waals surface area contributed by atoms with Crippen LogP contribution in [0.2, 0.25) is 0 Å². The predicted molar refractivity (Wildman–Crippen MR) is 99.1 cm³/mol. The van der Waals surface area contributed by atoms with Crippen molar-refractivity contribution in [2.45, 2.75) is 26.7 Å². The summed E-state index contributed by atoms with van der Waals surface area (Å²) >= 11 is 1.57. The van der Waals surface area contributed by atoms with Gasteiger partial charge in [-0.2, -0.15) is 0 Å². The number of hydrogen-bond acceptors (Lipinski definition) is 5. The van der Waals surface area contributed by atoms with Gasteiger partial charge in [-0.15, -0.1) is 0 Å². The maximum Gasteiger partial charge on any atom is 0.260 e. The van der Waals surface area contributed by atoms with Crippen molar-refractivity contribution in [2.75, 3.05) is 25.1 Å². The summed E-state index contributed by atoms with van der Waals surface area (Å²) < 4.78 is 6.29. The lowest BCUT2D eigenvalue weighted by atomic mass is 10.0. The first-order valence-corrected chi connectivity index (χ1v) is 9.10. The maximum atomic E-state index is 12.6. The molecule has 1 aliphatic rings. The van der Waals surface area contributed by atoms with Gasteiger partial charge in [-0.3, -0.25) is 4.79 Å². The summed E-state index contributed by atoms with van der Waals surface area (Å²) in [6, 6.07) is 3.74. The van der Waals surface area contributed by atoms with Gasteiger partial charge in [0.1, 0.15) is 11.3 Å². The van der Waals surface area contributed by atoms with E-state index in [4.69, 9.17) is 9.72 Å². The van der Waals surface area contributed by atoms with Gasteiger partial charge in [0, 0.05) is 13.1 Å². The van der Waals surface area contributed by atoms with Crippen molar-refractivity contribution in [2.24, 2.45) is 5.92 Å². The number of ether oxygens (including phenoxy) is 1. The summed E-state index contributed by atoms with van der Waals surface area (Å²) in [4.78, 5) is 19.7. The molecule has 0 saturated carbocycles. The Morgan fingerprint density at radius 2 is 2.33 bits per heavy atom. The highest BCUT2D eigenvalue weighted by molar-refractivity contribution is 7.22. The summed E-state index contributed by atoms with van der Waals surface area (Å²) in [5, 5.41) is 3.77. The van der Waals surface area contributed by atoms with E-state index >= 15 is 0 Å². The number of benzene rings is 1. The van der Waals surface area contributed by atoms with Gasteiger partial charge < -0.3 is 15.0 Å². The van der Waals surface area contributed by atoms with E-state index in [0.717, 1.165) is 28.4 Å². The largest absolute Gasteiger partial charge is 0.496 e. The second-order valence-corrected chi connectivity index (χ2v) is 7.13. The molecule has 2 heterocycles. The molecule has 128 valence electrons. The third-order valence-electron chi connectivity index (χ3n) is 4.26. The molecule has 3 rings (SSSR count). The van der Waals surface area contributed by atoms with Crippen LogP contribution in [-0.4, -0.2) is 31.1 Å². The van der Waals surface area contributed by atoms with Crippen LogP contribution >= 0.6 is 11.3 Å². The molecule has 2 aromatic rings. The van der Waals surface area contributed by atoms with Crippen LogP contribution in [0.25, 0.3) is 10.2 Å². The third-order valence-corrected chi connectivity index (χ3v) is 5.41. The van der Waals surface area contributed by atoms with Crippen LogP contribution in [0.3, 0.4) is 0 Å². The van der Waals surface area contributed by atoms with E-state index in [0.29, 0.717) is 17.2 Å². The molecule has 5 nitrogen and oxygen atoms in total. The van der Waals surface area contributed by atoms with Gasteiger partial charge in [0.05, 0.1) is 17.3 Å². The topological polar surface area (TPSA) is 54.5 Å². The highest BCUT2D eigenvalue weighted by Crippen LogP contribution is 2.37. The Labute approximate surface area is 146 Å². The van der Waals surface area contributed by atoms with Crippen molar-refractivity contribution in [3.05, 3.63) is 30.0 Å². The van der Waals surface area contributed by atoms with E-state index in [1.165, 1.54) is 12.8 Å². The van der Waals surface area contributed by atoms with Gasteiger partial charge in [-0.25, -0.2) is 4.98 Å². The summed E-state index contributed by atoms with van der Waals surface area (Å²) in [5.41, 5.74) is 1.40. The average Bonchev–Trinajstić information content (AvgIpc) is 3.02. The molecule has 1 saturated heterocycles. The summed E-state index contributed by atoms with van der Waals surface area (Å²) in [5.74, 6) is 1.09. The van der Waals surface area contributed by atoms with Gasteiger partial charge in [0.15, 0.2) is 5.13 Å². The molecule has 6 heteroatoms. The van der Waals surface area contributed by atoms with Crippen molar-refractivity contribution >= 4 is 32.6 Å². The molecule has 1 fully saturated rings. The number of fused-ring (bicyclic) bond motifs is 1. The van der Waals surface area contributed by atoms with Crippen LogP contribution in [0.5, 0.6) is 5.75 Å². The zero-order valence-electron chi connectivity index (χ0n) is 14.3. The molecule has 0 spiro atoms. The first-order chi connectivity index (χ1) is 11.6. The van der Waals surface area contributed by atoms with Crippen LogP contribution in [0.15, 0.2) is 24.4 Å². The van der Waals surface area contributed by atoms with Crippen molar-refractivity contribution in [1.29, 1.82) is 0 Å². The summed E-state index contributed by atoms with van der Waals surface area (Å²) in [6.07, 6.45) is 5.88. The molecular weight excluding hydrogens is 322 g/mol. The number of anilines is 1. The van der Waals surface area contributed by atoms with Crippen molar-refractivity contribution in [1.82, 2.24) is 10.3 Å². The van der Waals surface area contributed by atoms with E-state index in [2.05, 4.69) is 17.1 Å². The molecule has 0 bridgehead atoms. The number of methoxy groups -OCH3 is 1. The third kappa shape index (κ3) is 3.24. The quantitative estimate of drug-likeness (QED) is 0.916. The second kappa shape index (κ2) is 7.21. The molecule has 1 N–H and O–H groups in total.